The van der Waals surface area contributed by atoms with Crippen molar-refractivity contribution in [3.8, 4) is 0 Å². The van der Waals surface area contributed by atoms with Gasteiger partial charge in [0, 0.05) is 12.2 Å². The zero-order valence-corrected chi connectivity index (χ0v) is 33.6. The summed E-state index contributed by atoms with van der Waals surface area (Å²) in [5.74, 6) is 3.60. The van der Waals surface area contributed by atoms with Gasteiger partial charge in [0.25, 0.3) is 0 Å². The average Bonchev–Trinajstić information content (AvgIpc) is 3.10. The number of hydrogen-bond acceptors (Lipinski definition) is 4. The van der Waals surface area contributed by atoms with Gasteiger partial charge in [0.1, 0.15) is 0 Å². The van der Waals surface area contributed by atoms with Gasteiger partial charge in [-0.2, -0.15) is 0 Å². The van der Waals surface area contributed by atoms with Crippen LogP contribution in [0.4, 0.5) is 0 Å². The second kappa shape index (κ2) is 11.8. The van der Waals surface area contributed by atoms with Crippen LogP contribution in [-0.2, 0) is 17.7 Å². The minimum Gasteiger partial charge on any atom is -0.415 e. The van der Waals surface area contributed by atoms with Crippen molar-refractivity contribution in [3.63, 3.8) is 0 Å². The lowest BCUT2D eigenvalue weighted by Crippen LogP contribution is -2.62. The molecule has 0 radical (unpaired) electrons. The van der Waals surface area contributed by atoms with Crippen LogP contribution in [0.15, 0.2) is 0 Å². The molecule has 0 spiro atoms. The molecule has 4 aliphatic carbocycles. The highest BCUT2D eigenvalue weighted by Crippen LogP contribution is 2.68. The molecule has 41 heavy (non-hydrogen) atoms. The summed E-state index contributed by atoms with van der Waals surface area (Å²) in [6, 6.07) is 0. The maximum Gasteiger partial charge on any atom is 0.184 e. The molecule has 240 valence electrons. The van der Waals surface area contributed by atoms with E-state index in [1.807, 2.05) is 0 Å². The molecule has 0 heterocycles. The van der Waals surface area contributed by atoms with Crippen LogP contribution < -0.4 is 0 Å². The van der Waals surface area contributed by atoms with Gasteiger partial charge in [0.2, 0.25) is 0 Å². The standard InChI is InChI=1S/C33H68O4Si4/c1-32-20-19-25(35-39(6,7)8)21-24(32)15-16-26-27-17-18-28(30(37-41(12,13)14)23-34-38(3,4)5)33(27,2)22-29(31(26)32)36-40(9,10)11/h24-31H,15-23H2,1-14H3. The smallest absolute Gasteiger partial charge is 0.184 e. The first-order valence-electron chi connectivity index (χ1n) is 17.2. The first kappa shape index (κ1) is 34.6. The molecule has 0 aromatic heterocycles. The highest BCUT2D eigenvalue weighted by Gasteiger charge is 2.65. The van der Waals surface area contributed by atoms with Crippen molar-refractivity contribution in [3.05, 3.63) is 0 Å². The summed E-state index contributed by atoms with van der Waals surface area (Å²) in [5.41, 5.74) is 0.640. The van der Waals surface area contributed by atoms with Gasteiger partial charge in [0.15, 0.2) is 33.3 Å². The lowest BCUT2D eigenvalue weighted by atomic mass is 9.43. The van der Waals surface area contributed by atoms with Crippen LogP contribution in [0.25, 0.3) is 0 Å². The Morgan fingerprint density at radius 2 is 1.32 bits per heavy atom. The van der Waals surface area contributed by atoms with E-state index in [-0.39, 0.29) is 11.5 Å². The number of hydrogen-bond donors (Lipinski definition) is 0. The van der Waals surface area contributed by atoms with Crippen LogP contribution in [0.2, 0.25) is 78.6 Å². The highest BCUT2D eigenvalue weighted by molar-refractivity contribution is 6.70. The Labute approximate surface area is 259 Å². The van der Waals surface area contributed by atoms with Crippen LogP contribution in [0.1, 0.15) is 65.2 Å². The van der Waals surface area contributed by atoms with E-state index in [2.05, 4.69) is 92.4 Å². The molecule has 4 fully saturated rings. The molecule has 0 amide bonds. The quantitative estimate of drug-likeness (QED) is 0.223. The lowest BCUT2D eigenvalue weighted by Gasteiger charge is -2.64. The van der Waals surface area contributed by atoms with E-state index in [0.29, 0.717) is 29.5 Å². The third-order valence-corrected chi connectivity index (χ3v) is 15.3. The molecule has 0 bridgehead atoms. The van der Waals surface area contributed by atoms with E-state index < -0.39 is 33.3 Å². The van der Waals surface area contributed by atoms with Gasteiger partial charge >= 0.3 is 0 Å². The zero-order chi connectivity index (χ0) is 30.8. The van der Waals surface area contributed by atoms with Gasteiger partial charge in [-0.25, -0.2) is 0 Å². The topological polar surface area (TPSA) is 36.9 Å². The molecule has 4 aliphatic rings. The normalized spacial score (nSPS) is 41.0. The monoisotopic (exact) mass is 640 g/mol. The minimum absolute atomic E-state index is 0.216. The molecule has 0 N–H and O–H groups in total. The van der Waals surface area contributed by atoms with Gasteiger partial charge in [-0.1, -0.05) is 13.8 Å². The third kappa shape index (κ3) is 8.11. The van der Waals surface area contributed by atoms with E-state index in [1.165, 1.54) is 51.4 Å². The van der Waals surface area contributed by atoms with E-state index in [1.54, 1.807) is 0 Å². The predicted molar refractivity (Wildman–Crippen MR) is 185 cm³/mol. The molecule has 4 saturated carbocycles. The van der Waals surface area contributed by atoms with Crippen molar-refractivity contribution in [2.45, 2.75) is 162 Å². The van der Waals surface area contributed by atoms with Crippen LogP contribution in [0.3, 0.4) is 0 Å². The van der Waals surface area contributed by atoms with E-state index in [9.17, 15) is 0 Å². The second-order valence-corrected chi connectivity index (χ2v) is 37.0. The molecule has 0 aliphatic heterocycles. The largest absolute Gasteiger partial charge is 0.415 e. The van der Waals surface area contributed by atoms with Crippen molar-refractivity contribution >= 4 is 33.3 Å². The van der Waals surface area contributed by atoms with Crippen molar-refractivity contribution in [2.24, 2.45) is 40.4 Å². The summed E-state index contributed by atoms with van der Waals surface area (Å²) < 4.78 is 27.7. The fourth-order valence-electron chi connectivity index (χ4n) is 10.1. The summed E-state index contributed by atoms with van der Waals surface area (Å²) in [5, 5.41) is 0. The highest BCUT2D eigenvalue weighted by atomic mass is 28.4. The van der Waals surface area contributed by atoms with E-state index in [0.717, 1.165) is 24.4 Å². The number of fused-ring (bicyclic) bond motifs is 5. The van der Waals surface area contributed by atoms with E-state index in [4.69, 9.17) is 17.7 Å². The summed E-state index contributed by atoms with van der Waals surface area (Å²) in [4.78, 5) is 0. The Hall–Kier alpha value is 0.708. The van der Waals surface area contributed by atoms with Gasteiger partial charge < -0.3 is 17.7 Å². The first-order chi connectivity index (χ1) is 18.5. The fourth-order valence-corrected chi connectivity index (χ4v) is 14.3. The molecule has 4 nitrogen and oxygen atoms in total. The number of rotatable bonds is 10. The maximum absolute atomic E-state index is 7.34. The lowest BCUT2D eigenvalue weighted by molar-refractivity contribution is -0.176. The summed E-state index contributed by atoms with van der Waals surface area (Å²) in [6.07, 6.45) is 11.5. The molecule has 10 unspecified atom stereocenters. The van der Waals surface area contributed by atoms with Crippen LogP contribution in [0, 0.1) is 40.4 Å². The third-order valence-electron chi connectivity index (χ3n) is 11.3. The first-order valence-corrected chi connectivity index (χ1v) is 30.8. The average molecular weight is 641 g/mol. The predicted octanol–water partition coefficient (Wildman–Crippen LogP) is 9.77. The van der Waals surface area contributed by atoms with Crippen LogP contribution >= 0.6 is 0 Å². The van der Waals surface area contributed by atoms with Gasteiger partial charge in [0.05, 0.1) is 12.7 Å². The summed E-state index contributed by atoms with van der Waals surface area (Å²) >= 11 is 0. The maximum atomic E-state index is 7.34. The summed E-state index contributed by atoms with van der Waals surface area (Å²) in [6.45, 7) is 34.5. The molecule has 10 atom stereocenters. The molecular weight excluding hydrogens is 573 g/mol. The van der Waals surface area contributed by atoms with Crippen LogP contribution in [0.5, 0.6) is 0 Å². The molecule has 8 heteroatoms. The molecule has 4 rings (SSSR count). The Kier molecular flexibility index (Phi) is 9.96. The molecule has 0 saturated heterocycles. The minimum atomic E-state index is -1.72. The van der Waals surface area contributed by atoms with Crippen molar-refractivity contribution in [1.82, 2.24) is 0 Å². The Morgan fingerprint density at radius 3 is 1.88 bits per heavy atom. The fraction of sp³-hybridized carbons (Fsp3) is 1.00. The van der Waals surface area contributed by atoms with E-state index >= 15 is 0 Å². The Morgan fingerprint density at radius 1 is 0.683 bits per heavy atom. The Balaban J connectivity index is 1.65. The van der Waals surface area contributed by atoms with Crippen molar-refractivity contribution in [2.75, 3.05) is 6.61 Å². The second-order valence-electron chi connectivity index (χ2n) is 19.1. The SMILES string of the molecule is CC12CC(O[Si](C)(C)C)C3C(CCC4CC(O[Si](C)(C)C)CCC43C)C1CCC2C(CO[Si](C)(C)C)O[Si](C)(C)C. The zero-order valence-electron chi connectivity index (χ0n) is 29.6. The van der Waals surface area contributed by atoms with Gasteiger partial charge in [-0.3, -0.25) is 0 Å². The molecular formula is C33H68O4Si4. The van der Waals surface area contributed by atoms with Crippen molar-refractivity contribution in [1.29, 1.82) is 0 Å². The molecule has 0 aromatic rings. The van der Waals surface area contributed by atoms with Gasteiger partial charge in [-0.15, -0.1) is 0 Å². The summed E-state index contributed by atoms with van der Waals surface area (Å²) in [7, 11) is -6.60. The Bertz CT molecular complexity index is 903. The molecule has 0 aromatic carbocycles. The van der Waals surface area contributed by atoms with Crippen LogP contribution in [-0.4, -0.2) is 58.2 Å². The van der Waals surface area contributed by atoms with Crippen molar-refractivity contribution < 1.29 is 17.7 Å². The van der Waals surface area contributed by atoms with Gasteiger partial charge in [-0.05, 0) is 170 Å².